The van der Waals surface area contributed by atoms with Crippen molar-refractivity contribution in [1.82, 2.24) is 29.7 Å². The highest BCUT2D eigenvalue weighted by molar-refractivity contribution is 6.42. The number of hydrogen-bond donors (Lipinski definition) is 2. The van der Waals surface area contributed by atoms with Crippen LogP contribution >= 0.6 is 23.2 Å². The highest BCUT2D eigenvalue weighted by atomic mass is 35.5. The number of Topliss-reactive ketones (excluding diaryl/α,β-unsaturated/α-hetero) is 1. The van der Waals surface area contributed by atoms with Gasteiger partial charge in [-0.1, -0.05) is 72.6 Å². The summed E-state index contributed by atoms with van der Waals surface area (Å²) in [5.74, 6) is -0.938. The number of H-pyrrole nitrogens is 1. The summed E-state index contributed by atoms with van der Waals surface area (Å²) < 4.78 is 40.6. The van der Waals surface area contributed by atoms with Gasteiger partial charge in [-0.3, -0.25) is 14.4 Å². The normalized spacial score (nSPS) is 15.1. The second kappa shape index (κ2) is 17.8. The standard InChI is InChI=1S/C44H43Cl2F3N6O3/c1-2-31(24-30(29-16-17-33(45)34(46)25-29)26-50-43(58)28-10-4-3-5-11-28)54-22-18-27(19-23-54)39(56)41-51-36-14-8-12-32(38(36)53-41)40(57)42-52-35-13-6-7-15-37(35)55(42)21-9-20-44(47,48)49/h3-8,10-17,25,27,30-31H,2,9,18-24,26H2,1H3,(H,50,58)(H,51,53). The van der Waals surface area contributed by atoms with E-state index in [1.165, 1.54) is 4.57 Å². The van der Waals surface area contributed by atoms with Crippen molar-refractivity contribution in [3.63, 3.8) is 0 Å². The SMILES string of the molecule is CCC(CC(CNC(=O)c1ccccc1)c1ccc(Cl)c(Cl)c1)N1CCC(C(=O)c2nc3c(C(=O)c4nc5ccccc5n4CCCC(F)(F)F)cccc3[nH]2)CC1. The quantitative estimate of drug-likeness (QED) is 0.0997. The molecule has 1 fully saturated rings. The van der Waals surface area contributed by atoms with Crippen LogP contribution in [0.2, 0.25) is 10.0 Å². The van der Waals surface area contributed by atoms with Crippen LogP contribution in [0.3, 0.4) is 0 Å². The lowest BCUT2D eigenvalue weighted by Gasteiger charge is -2.38. The smallest absolute Gasteiger partial charge is 0.351 e. The molecule has 9 nitrogen and oxygen atoms in total. The lowest BCUT2D eigenvalue weighted by molar-refractivity contribution is -0.135. The number of amides is 1. The van der Waals surface area contributed by atoms with Crippen molar-refractivity contribution in [3.8, 4) is 0 Å². The molecule has 1 saturated heterocycles. The van der Waals surface area contributed by atoms with Crippen molar-refractivity contribution < 1.29 is 27.6 Å². The molecule has 2 atom stereocenters. The van der Waals surface area contributed by atoms with Crippen molar-refractivity contribution in [2.45, 2.75) is 70.1 Å². The fraction of sp³-hybridized carbons (Fsp3) is 0.341. The molecule has 6 aromatic rings. The van der Waals surface area contributed by atoms with Gasteiger partial charge in [-0.15, -0.1) is 0 Å². The van der Waals surface area contributed by atoms with E-state index in [1.807, 2.05) is 30.3 Å². The van der Waals surface area contributed by atoms with Crippen molar-refractivity contribution in [2.75, 3.05) is 19.6 Å². The maximum absolute atomic E-state index is 14.1. The van der Waals surface area contributed by atoms with E-state index in [-0.39, 0.29) is 59.7 Å². The average molecular weight is 832 g/mol. The number of aromatic amines is 1. The number of nitrogens with one attached hydrogen (secondary N) is 2. The number of aromatic nitrogens is 4. The molecule has 0 aliphatic carbocycles. The Kier molecular flexibility index (Phi) is 12.7. The summed E-state index contributed by atoms with van der Waals surface area (Å²) in [7, 11) is 0. The van der Waals surface area contributed by atoms with Crippen LogP contribution in [0.5, 0.6) is 0 Å². The van der Waals surface area contributed by atoms with Gasteiger partial charge in [0, 0.05) is 43.0 Å². The van der Waals surface area contributed by atoms with Crippen molar-refractivity contribution >= 4 is 62.7 Å². The number of piperidine rings is 1. The Balaban J connectivity index is 1.04. The van der Waals surface area contributed by atoms with Crippen molar-refractivity contribution in [1.29, 1.82) is 0 Å². The van der Waals surface area contributed by atoms with E-state index in [0.717, 1.165) is 18.4 Å². The Morgan fingerprint density at radius 2 is 1.66 bits per heavy atom. The van der Waals surface area contributed by atoms with Crippen LogP contribution in [0.25, 0.3) is 22.1 Å². The van der Waals surface area contributed by atoms with E-state index in [1.54, 1.807) is 60.7 Å². The molecule has 1 amide bonds. The van der Waals surface area contributed by atoms with Crippen LogP contribution in [0, 0.1) is 5.92 Å². The second-order valence-electron chi connectivity index (χ2n) is 14.8. The summed E-state index contributed by atoms with van der Waals surface area (Å²) in [6.45, 7) is 3.88. The summed E-state index contributed by atoms with van der Waals surface area (Å²) in [6, 6.07) is 26.8. The van der Waals surface area contributed by atoms with Gasteiger partial charge < -0.3 is 19.8 Å². The van der Waals surface area contributed by atoms with Crippen LogP contribution in [0.4, 0.5) is 13.2 Å². The first-order valence-electron chi connectivity index (χ1n) is 19.5. The van der Waals surface area contributed by atoms with E-state index in [9.17, 15) is 27.6 Å². The summed E-state index contributed by atoms with van der Waals surface area (Å²) in [5, 5.41) is 4.02. The number of likely N-dealkylation sites (tertiary alicyclic amines) is 1. The summed E-state index contributed by atoms with van der Waals surface area (Å²) >= 11 is 12.7. The molecule has 0 saturated carbocycles. The van der Waals surface area contributed by atoms with Gasteiger partial charge in [0.25, 0.3) is 5.91 Å². The highest BCUT2D eigenvalue weighted by Crippen LogP contribution is 2.33. The van der Waals surface area contributed by atoms with Crippen molar-refractivity contribution in [3.05, 3.63) is 129 Å². The number of imidazole rings is 2. The number of ketones is 2. The van der Waals surface area contributed by atoms with E-state index < -0.39 is 18.4 Å². The first kappa shape index (κ1) is 41.1. The van der Waals surface area contributed by atoms with E-state index in [0.29, 0.717) is 70.2 Å². The highest BCUT2D eigenvalue weighted by Gasteiger charge is 2.33. The Morgan fingerprint density at radius 3 is 2.38 bits per heavy atom. The third kappa shape index (κ3) is 9.30. The Hall–Kier alpha value is -5.04. The van der Waals surface area contributed by atoms with E-state index in [4.69, 9.17) is 23.2 Å². The monoisotopic (exact) mass is 830 g/mol. The topological polar surface area (TPSA) is 113 Å². The molecule has 2 N–H and O–H groups in total. The number of benzene rings is 4. The third-order valence-corrected chi connectivity index (χ3v) is 11.8. The number of hydrogen-bond acceptors (Lipinski definition) is 6. The predicted molar refractivity (Wildman–Crippen MR) is 220 cm³/mol. The number of alkyl halides is 3. The minimum atomic E-state index is -4.32. The number of para-hydroxylation sites is 3. The number of aryl methyl sites for hydroxylation is 1. The maximum Gasteiger partial charge on any atom is 0.389 e. The van der Waals surface area contributed by atoms with Gasteiger partial charge in [0.2, 0.25) is 11.6 Å². The van der Waals surface area contributed by atoms with Gasteiger partial charge in [-0.25, -0.2) is 9.97 Å². The number of carbonyl (C=O) groups is 3. The molecule has 3 heterocycles. The van der Waals surface area contributed by atoms with Crippen LogP contribution < -0.4 is 5.32 Å². The van der Waals surface area contributed by atoms with Crippen molar-refractivity contribution in [2.24, 2.45) is 5.92 Å². The molecule has 0 radical (unpaired) electrons. The third-order valence-electron chi connectivity index (χ3n) is 11.1. The Morgan fingerprint density at radius 1 is 0.914 bits per heavy atom. The molecule has 2 unspecified atom stereocenters. The number of halogens is 5. The van der Waals surface area contributed by atoms with Gasteiger partial charge in [0.15, 0.2) is 11.6 Å². The maximum atomic E-state index is 14.1. The molecule has 1 aliphatic rings. The fourth-order valence-corrected chi connectivity index (χ4v) is 8.31. The summed E-state index contributed by atoms with van der Waals surface area (Å²) in [6.07, 6.45) is -2.68. The number of carbonyl (C=O) groups excluding carboxylic acids is 3. The zero-order valence-electron chi connectivity index (χ0n) is 31.9. The molecule has 1 aliphatic heterocycles. The van der Waals surface area contributed by atoms with Gasteiger partial charge >= 0.3 is 6.18 Å². The van der Waals surface area contributed by atoms with Gasteiger partial charge in [0.1, 0.15) is 5.52 Å². The molecule has 4 aromatic carbocycles. The fourth-order valence-electron chi connectivity index (χ4n) is 8.00. The molecule has 2 aromatic heterocycles. The molecule has 58 heavy (non-hydrogen) atoms. The predicted octanol–water partition coefficient (Wildman–Crippen LogP) is 10.1. The summed E-state index contributed by atoms with van der Waals surface area (Å²) in [5.41, 5.74) is 3.64. The summed E-state index contributed by atoms with van der Waals surface area (Å²) in [4.78, 5) is 55.7. The number of rotatable bonds is 15. The first-order valence-corrected chi connectivity index (χ1v) is 20.3. The minimum Gasteiger partial charge on any atom is -0.351 e. The first-order chi connectivity index (χ1) is 27.9. The van der Waals surface area contributed by atoms with Gasteiger partial charge in [-0.05, 0) is 99.3 Å². The van der Waals surface area contributed by atoms with Crippen LogP contribution in [0.15, 0.2) is 91.0 Å². The molecule has 7 rings (SSSR count). The Labute approximate surface area is 343 Å². The zero-order valence-corrected chi connectivity index (χ0v) is 33.4. The number of fused-ring (bicyclic) bond motifs is 2. The van der Waals surface area contributed by atoms with Crippen LogP contribution in [0.1, 0.15) is 94.1 Å². The lowest BCUT2D eigenvalue weighted by Crippen LogP contribution is -2.44. The van der Waals surface area contributed by atoms with E-state index >= 15 is 0 Å². The molecule has 302 valence electrons. The average Bonchev–Trinajstić information content (AvgIpc) is 3.84. The molecular weight excluding hydrogens is 788 g/mol. The van der Waals surface area contributed by atoms with E-state index in [2.05, 4.69) is 32.1 Å². The van der Waals surface area contributed by atoms with Gasteiger partial charge in [-0.2, -0.15) is 13.2 Å². The second-order valence-corrected chi connectivity index (χ2v) is 15.6. The lowest BCUT2D eigenvalue weighted by atomic mass is 9.87. The molecule has 0 spiro atoms. The molecule has 14 heteroatoms. The molecular formula is C44H43Cl2F3N6O3. The molecule has 0 bridgehead atoms. The minimum absolute atomic E-state index is 0.0181. The Bertz CT molecular complexity index is 2420. The number of nitrogens with zero attached hydrogens (tertiary/aromatic N) is 4. The van der Waals surface area contributed by atoms with Gasteiger partial charge in [0.05, 0.1) is 32.2 Å². The van der Waals surface area contributed by atoms with Crippen LogP contribution in [-0.2, 0) is 6.54 Å². The zero-order chi connectivity index (χ0) is 41.0. The van der Waals surface area contributed by atoms with Crippen LogP contribution in [-0.4, -0.2) is 73.7 Å². The largest absolute Gasteiger partial charge is 0.389 e.